The van der Waals surface area contributed by atoms with Gasteiger partial charge in [0.15, 0.2) is 0 Å². The number of allylic oxidation sites excluding steroid dienone is 2. The van der Waals surface area contributed by atoms with E-state index in [4.69, 9.17) is 4.84 Å². The van der Waals surface area contributed by atoms with Gasteiger partial charge in [-0.15, -0.1) is 5.11 Å². The number of anilines is 1. The summed E-state index contributed by atoms with van der Waals surface area (Å²) < 4.78 is 0. The molecular formula is C34H29N3O2. The molecule has 0 aliphatic rings. The number of phenols is 1. The zero-order chi connectivity index (χ0) is 26.9. The van der Waals surface area contributed by atoms with Crippen molar-refractivity contribution in [2.24, 2.45) is 10.2 Å². The molecule has 0 fully saturated rings. The second kappa shape index (κ2) is 12.5. The lowest BCUT2D eigenvalue weighted by atomic mass is 10.0. The molecule has 5 heteroatoms. The van der Waals surface area contributed by atoms with Crippen LogP contribution in [0.25, 0.3) is 22.9 Å². The summed E-state index contributed by atoms with van der Waals surface area (Å²) in [6.07, 6.45) is 8.16. The maximum absolute atomic E-state index is 11.0. The first-order valence-corrected chi connectivity index (χ1v) is 12.8. The van der Waals surface area contributed by atoms with Crippen LogP contribution >= 0.6 is 0 Å². The lowest BCUT2D eigenvalue weighted by Crippen LogP contribution is -2.01. The van der Waals surface area contributed by atoms with Crippen molar-refractivity contribution in [2.75, 3.05) is 5.48 Å². The third kappa shape index (κ3) is 6.86. The van der Waals surface area contributed by atoms with Gasteiger partial charge in [0.25, 0.3) is 0 Å². The van der Waals surface area contributed by atoms with Gasteiger partial charge in [0.1, 0.15) is 18.0 Å². The lowest BCUT2D eigenvalue weighted by molar-refractivity contribution is 0.177. The molecule has 0 amide bonds. The summed E-state index contributed by atoms with van der Waals surface area (Å²) >= 11 is 0. The third-order valence-corrected chi connectivity index (χ3v) is 6.19. The number of fused-ring (bicyclic) bond motifs is 1. The second-order valence-corrected chi connectivity index (χ2v) is 9.13. The first-order valence-electron chi connectivity index (χ1n) is 12.8. The average Bonchev–Trinajstić information content (AvgIpc) is 2.97. The van der Waals surface area contributed by atoms with Crippen molar-refractivity contribution in [1.29, 1.82) is 0 Å². The quantitative estimate of drug-likeness (QED) is 0.118. The molecule has 2 N–H and O–H groups in total. The molecule has 0 aliphatic carbocycles. The molecule has 0 atom stereocenters. The highest BCUT2D eigenvalue weighted by Gasteiger charge is 2.13. The molecule has 0 heterocycles. The molecule has 0 unspecified atom stereocenters. The minimum absolute atomic E-state index is 0.0484. The SMILES string of the molecule is Cc1ccc(/C=C/C=C/c2ccc(N=Nc3c(O)c(CONc4ccccc4)cc4ccccc34)cc2)cc1. The van der Waals surface area contributed by atoms with Crippen molar-refractivity contribution in [1.82, 2.24) is 0 Å². The number of phenolic OH excluding ortho intramolecular Hbond substituents is 1. The van der Waals surface area contributed by atoms with Crippen LogP contribution in [0.15, 0.2) is 132 Å². The average molecular weight is 512 g/mol. The maximum atomic E-state index is 11.0. The van der Waals surface area contributed by atoms with E-state index >= 15 is 0 Å². The van der Waals surface area contributed by atoms with Crippen LogP contribution < -0.4 is 5.48 Å². The summed E-state index contributed by atoms with van der Waals surface area (Å²) in [5.74, 6) is 0.0484. The van der Waals surface area contributed by atoms with Crippen LogP contribution in [0.3, 0.4) is 0 Å². The van der Waals surface area contributed by atoms with Gasteiger partial charge in [-0.05, 0) is 53.8 Å². The summed E-state index contributed by atoms with van der Waals surface area (Å²) in [6, 6.07) is 35.5. The molecule has 0 aromatic heterocycles. The van der Waals surface area contributed by atoms with Crippen molar-refractivity contribution in [3.8, 4) is 5.75 Å². The Bertz CT molecular complexity index is 1620. The summed E-state index contributed by atoms with van der Waals surface area (Å²) in [7, 11) is 0. The number of para-hydroxylation sites is 1. The Kier molecular flexibility index (Phi) is 8.22. The Balaban J connectivity index is 1.29. The monoisotopic (exact) mass is 511 g/mol. The molecule has 192 valence electrons. The zero-order valence-corrected chi connectivity index (χ0v) is 21.7. The highest BCUT2D eigenvalue weighted by Crippen LogP contribution is 2.39. The van der Waals surface area contributed by atoms with E-state index in [1.807, 2.05) is 103 Å². The molecule has 5 aromatic carbocycles. The van der Waals surface area contributed by atoms with Crippen LogP contribution in [-0.2, 0) is 11.4 Å². The van der Waals surface area contributed by atoms with E-state index in [2.05, 4.69) is 53.0 Å². The fourth-order valence-electron chi connectivity index (χ4n) is 4.06. The molecule has 39 heavy (non-hydrogen) atoms. The Morgan fingerprint density at radius 1 is 0.744 bits per heavy atom. The van der Waals surface area contributed by atoms with Gasteiger partial charge in [-0.2, -0.15) is 5.11 Å². The van der Waals surface area contributed by atoms with Gasteiger partial charge in [0.2, 0.25) is 0 Å². The topological polar surface area (TPSA) is 66.2 Å². The Labute approximate surface area is 228 Å². The molecule has 0 radical (unpaired) electrons. The van der Waals surface area contributed by atoms with E-state index in [9.17, 15) is 5.11 Å². The number of rotatable bonds is 9. The van der Waals surface area contributed by atoms with Crippen LogP contribution in [-0.4, -0.2) is 5.11 Å². The first kappa shape index (κ1) is 25.6. The highest BCUT2D eigenvalue weighted by atomic mass is 16.6. The molecule has 5 nitrogen and oxygen atoms in total. The predicted molar refractivity (Wildman–Crippen MR) is 160 cm³/mol. The third-order valence-electron chi connectivity index (χ3n) is 6.19. The van der Waals surface area contributed by atoms with E-state index in [0.29, 0.717) is 16.9 Å². The van der Waals surface area contributed by atoms with E-state index < -0.39 is 0 Å². The zero-order valence-electron chi connectivity index (χ0n) is 21.7. The second-order valence-electron chi connectivity index (χ2n) is 9.13. The minimum atomic E-state index is 0.0484. The maximum Gasteiger partial charge on any atom is 0.149 e. The largest absolute Gasteiger partial charge is 0.505 e. The number of aryl methyl sites for hydroxylation is 1. The summed E-state index contributed by atoms with van der Waals surface area (Å²) in [4.78, 5) is 5.64. The normalized spacial score (nSPS) is 11.7. The Morgan fingerprint density at radius 3 is 2.10 bits per heavy atom. The van der Waals surface area contributed by atoms with Crippen molar-refractivity contribution in [3.05, 3.63) is 144 Å². The van der Waals surface area contributed by atoms with Gasteiger partial charge in [-0.3, -0.25) is 10.3 Å². The van der Waals surface area contributed by atoms with E-state index in [-0.39, 0.29) is 12.4 Å². The molecule has 0 saturated carbocycles. The van der Waals surface area contributed by atoms with Gasteiger partial charge in [0, 0.05) is 10.9 Å². The van der Waals surface area contributed by atoms with Crippen LogP contribution in [0.2, 0.25) is 0 Å². The summed E-state index contributed by atoms with van der Waals surface area (Å²) in [5, 5.41) is 21.7. The standard InChI is InChI=1S/C34H29N3O2/c1-25-15-17-26(18-16-25)9-5-6-10-27-19-21-30(22-20-27)35-36-33-32-14-8-7-11-28(32)23-29(34(33)38)24-39-37-31-12-3-2-4-13-31/h2-23,37-38H,24H2,1H3/b9-5+,10-6+,36-35?. The number of hydrogen-bond donors (Lipinski definition) is 2. The van der Waals surface area contributed by atoms with E-state index in [1.54, 1.807) is 0 Å². The smallest absolute Gasteiger partial charge is 0.149 e. The van der Waals surface area contributed by atoms with Crippen LogP contribution in [0.1, 0.15) is 22.3 Å². The molecule has 5 aromatic rings. The number of nitrogens with one attached hydrogen (secondary N) is 1. The molecule has 0 bridgehead atoms. The minimum Gasteiger partial charge on any atom is -0.505 e. The van der Waals surface area contributed by atoms with Crippen molar-refractivity contribution < 1.29 is 9.94 Å². The first-order chi connectivity index (χ1) is 19.2. The van der Waals surface area contributed by atoms with Crippen molar-refractivity contribution in [2.45, 2.75) is 13.5 Å². The molecule has 5 rings (SSSR count). The fraction of sp³-hybridized carbons (Fsp3) is 0.0588. The number of azo groups is 1. The van der Waals surface area contributed by atoms with Crippen molar-refractivity contribution >= 4 is 40.0 Å². The van der Waals surface area contributed by atoms with Crippen molar-refractivity contribution in [3.63, 3.8) is 0 Å². The van der Waals surface area contributed by atoms with E-state index in [0.717, 1.165) is 22.0 Å². The van der Waals surface area contributed by atoms with Gasteiger partial charge < -0.3 is 5.11 Å². The van der Waals surface area contributed by atoms with Crippen LogP contribution in [0.4, 0.5) is 17.1 Å². The van der Waals surface area contributed by atoms with Gasteiger partial charge in [0.05, 0.1) is 11.4 Å². The fourth-order valence-corrected chi connectivity index (χ4v) is 4.06. The Morgan fingerprint density at radius 2 is 1.38 bits per heavy atom. The van der Waals surface area contributed by atoms with Crippen LogP contribution in [0.5, 0.6) is 5.75 Å². The van der Waals surface area contributed by atoms with Crippen LogP contribution in [0, 0.1) is 6.92 Å². The molecule has 0 saturated heterocycles. The Hall–Kier alpha value is -5.00. The van der Waals surface area contributed by atoms with Gasteiger partial charge >= 0.3 is 0 Å². The highest BCUT2D eigenvalue weighted by molar-refractivity contribution is 5.96. The summed E-state index contributed by atoms with van der Waals surface area (Å²) in [5.41, 5.74) is 8.93. The lowest BCUT2D eigenvalue weighted by Gasteiger charge is -2.12. The van der Waals surface area contributed by atoms with Gasteiger partial charge in [-0.25, -0.2) is 0 Å². The molecule has 0 aliphatic heterocycles. The predicted octanol–water partition coefficient (Wildman–Crippen LogP) is 9.54. The van der Waals surface area contributed by atoms with Gasteiger partial charge in [-0.1, -0.05) is 109 Å². The number of nitrogens with zero attached hydrogens (tertiary/aromatic N) is 2. The molecular weight excluding hydrogens is 482 g/mol. The number of aromatic hydroxyl groups is 1. The summed E-state index contributed by atoms with van der Waals surface area (Å²) in [6.45, 7) is 2.24. The van der Waals surface area contributed by atoms with E-state index in [1.165, 1.54) is 11.1 Å². The number of hydrogen-bond acceptors (Lipinski definition) is 5. The molecule has 0 spiro atoms. The number of benzene rings is 5.